The summed E-state index contributed by atoms with van der Waals surface area (Å²) in [5, 5.41) is 18.3. The number of phosphoric ester groups is 1. The fourth-order valence-corrected chi connectivity index (χ4v) is 6.02. The highest BCUT2D eigenvalue weighted by Gasteiger charge is 2.26. The molecule has 0 aromatic heterocycles. The van der Waals surface area contributed by atoms with Gasteiger partial charge >= 0.3 is 13.8 Å². The predicted molar refractivity (Wildman–Crippen MR) is 191 cm³/mol. The molecule has 0 fully saturated rings. The third-order valence-corrected chi connectivity index (χ3v) is 9.15. The maximum Gasteiger partial charge on any atom is 0.472 e. The van der Waals surface area contributed by atoms with Crippen LogP contribution in [-0.2, 0) is 27.9 Å². The van der Waals surface area contributed by atoms with Gasteiger partial charge in [-0.15, -0.1) is 0 Å². The zero-order chi connectivity index (χ0) is 34.7. The Bertz CT molecular complexity index is 749. The summed E-state index contributed by atoms with van der Waals surface area (Å²) in [6.07, 6.45) is 31.6. The van der Waals surface area contributed by atoms with Crippen molar-refractivity contribution >= 4 is 13.8 Å². The van der Waals surface area contributed by atoms with Crippen molar-refractivity contribution in [3.05, 3.63) is 12.2 Å². The first-order chi connectivity index (χ1) is 22.8. The molecule has 280 valence electrons. The first-order valence-electron chi connectivity index (χ1n) is 19.2. The number of esters is 1. The van der Waals surface area contributed by atoms with Gasteiger partial charge in [-0.1, -0.05) is 142 Å². The number of aliphatic hydroxyl groups excluding tert-OH is 2. The Morgan fingerprint density at radius 3 is 1.62 bits per heavy atom. The Balaban J connectivity index is 4.23. The number of allylic oxidation sites excluding steroid dienone is 2. The molecule has 3 unspecified atom stereocenters. The lowest BCUT2D eigenvalue weighted by Gasteiger charge is -2.20. The van der Waals surface area contributed by atoms with Crippen LogP contribution in [0.4, 0.5) is 0 Å². The number of carbonyl (C=O) groups is 1. The van der Waals surface area contributed by atoms with E-state index < -0.39 is 39.2 Å². The van der Waals surface area contributed by atoms with E-state index in [1.165, 1.54) is 103 Å². The fraction of sp³-hybridized carbons (Fsp3) is 0.919. The van der Waals surface area contributed by atoms with E-state index >= 15 is 0 Å². The summed E-state index contributed by atoms with van der Waals surface area (Å²) in [6.45, 7) is 3.50. The van der Waals surface area contributed by atoms with Gasteiger partial charge in [0.1, 0.15) is 12.2 Å². The number of aliphatic hydroxyl groups is 2. The van der Waals surface area contributed by atoms with E-state index in [2.05, 4.69) is 26.0 Å². The van der Waals surface area contributed by atoms with E-state index in [9.17, 15) is 19.4 Å². The molecular formula is C37H73O9P. The van der Waals surface area contributed by atoms with Gasteiger partial charge in [0.25, 0.3) is 0 Å². The van der Waals surface area contributed by atoms with Gasteiger partial charge in [0.2, 0.25) is 0 Å². The molecule has 0 aromatic carbocycles. The molecule has 0 saturated heterocycles. The van der Waals surface area contributed by atoms with Crippen molar-refractivity contribution in [2.45, 2.75) is 187 Å². The van der Waals surface area contributed by atoms with Crippen molar-refractivity contribution in [2.75, 3.05) is 33.0 Å². The summed E-state index contributed by atoms with van der Waals surface area (Å²) >= 11 is 0. The topological polar surface area (TPSA) is 132 Å². The summed E-state index contributed by atoms with van der Waals surface area (Å²) in [5.74, 6) is -0.390. The number of phosphoric acid groups is 1. The number of carbonyl (C=O) groups excluding carboxylic acids is 1. The maximum atomic E-state index is 12.5. The van der Waals surface area contributed by atoms with Gasteiger partial charge in [0.05, 0.1) is 26.4 Å². The quantitative estimate of drug-likeness (QED) is 0.0252. The molecule has 0 aromatic rings. The number of rotatable bonds is 37. The second-order valence-electron chi connectivity index (χ2n) is 13.0. The zero-order valence-corrected chi connectivity index (χ0v) is 31.2. The van der Waals surface area contributed by atoms with Crippen molar-refractivity contribution < 1.29 is 43.0 Å². The van der Waals surface area contributed by atoms with Crippen molar-refractivity contribution in [2.24, 2.45) is 0 Å². The SMILES string of the molecule is CCCCCC/C=C\CCCCCCCC(=O)OC(COCCCCCCCCCCCCCCC)COP(=O)(O)OCC(O)CO. The summed E-state index contributed by atoms with van der Waals surface area (Å²) in [4.78, 5) is 22.4. The largest absolute Gasteiger partial charge is 0.472 e. The van der Waals surface area contributed by atoms with Crippen LogP contribution in [0.25, 0.3) is 0 Å². The smallest absolute Gasteiger partial charge is 0.457 e. The van der Waals surface area contributed by atoms with Gasteiger partial charge < -0.3 is 24.6 Å². The monoisotopic (exact) mass is 692 g/mol. The summed E-state index contributed by atoms with van der Waals surface area (Å²) in [5.41, 5.74) is 0. The van der Waals surface area contributed by atoms with Crippen LogP contribution in [0.5, 0.6) is 0 Å². The maximum absolute atomic E-state index is 12.5. The minimum absolute atomic E-state index is 0.0510. The van der Waals surface area contributed by atoms with E-state index in [4.69, 9.17) is 23.6 Å². The number of hydrogen-bond donors (Lipinski definition) is 3. The fourth-order valence-electron chi connectivity index (χ4n) is 5.23. The van der Waals surface area contributed by atoms with Crippen LogP contribution in [0.1, 0.15) is 174 Å². The van der Waals surface area contributed by atoms with Crippen LogP contribution in [0.15, 0.2) is 12.2 Å². The molecule has 0 rings (SSSR count). The van der Waals surface area contributed by atoms with E-state index in [1.54, 1.807) is 0 Å². The summed E-state index contributed by atoms with van der Waals surface area (Å²) < 4.78 is 33.2. The van der Waals surface area contributed by atoms with Crippen LogP contribution >= 0.6 is 7.82 Å². The van der Waals surface area contributed by atoms with Crippen LogP contribution in [0.2, 0.25) is 0 Å². The molecule has 0 aliphatic carbocycles. The highest BCUT2D eigenvalue weighted by molar-refractivity contribution is 7.47. The summed E-state index contributed by atoms with van der Waals surface area (Å²) in [6, 6.07) is 0. The van der Waals surface area contributed by atoms with Crippen LogP contribution < -0.4 is 0 Å². The first kappa shape index (κ1) is 46.2. The lowest BCUT2D eigenvalue weighted by Crippen LogP contribution is -2.29. The Morgan fingerprint density at radius 2 is 1.09 bits per heavy atom. The van der Waals surface area contributed by atoms with Gasteiger partial charge in [-0.25, -0.2) is 4.57 Å². The molecule has 47 heavy (non-hydrogen) atoms. The molecule has 0 radical (unpaired) electrons. The zero-order valence-electron chi connectivity index (χ0n) is 30.3. The van der Waals surface area contributed by atoms with Crippen molar-refractivity contribution in [1.82, 2.24) is 0 Å². The number of ether oxygens (including phenoxy) is 2. The van der Waals surface area contributed by atoms with Crippen LogP contribution in [-0.4, -0.2) is 66.3 Å². The molecule has 3 N–H and O–H groups in total. The van der Waals surface area contributed by atoms with Crippen molar-refractivity contribution in [3.8, 4) is 0 Å². The summed E-state index contributed by atoms with van der Waals surface area (Å²) in [7, 11) is -4.51. The van der Waals surface area contributed by atoms with Crippen molar-refractivity contribution in [1.29, 1.82) is 0 Å². The average molecular weight is 693 g/mol. The van der Waals surface area contributed by atoms with Crippen LogP contribution in [0, 0.1) is 0 Å². The molecule has 0 spiro atoms. The van der Waals surface area contributed by atoms with E-state index in [-0.39, 0.29) is 19.6 Å². The van der Waals surface area contributed by atoms with E-state index in [1.807, 2.05) is 0 Å². The van der Waals surface area contributed by atoms with Gasteiger partial charge in [0, 0.05) is 13.0 Å². The Labute approximate surface area is 288 Å². The lowest BCUT2D eigenvalue weighted by atomic mass is 10.0. The molecule has 9 nitrogen and oxygen atoms in total. The molecule has 0 heterocycles. The Morgan fingerprint density at radius 1 is 0.638 bits per heavy atom. The molecule has 0 aliphatic rings. The van der Waals surface area contributed by atoms with Gasteiger partial charge in [-0.2, -0.15) is 0 Å². The molecular weight excluding hydrogens is 619 g/mol. The van der Waals surface area contributed by atoms with E-state index in [0.29, 0.717) is 6.61 Å². The molecule has 0 aliphatic heterocycles. The van der Waals surface area contributed by atoms with E-state index in [0.717, 1.165) is 51.4 Å². The van der Waals surface area contributed by atoms with Gasteiger partial charge in [0.15, 0.2) is 0 Å². The number of hydrogen-bond acceptors (Lipinski definition) is 8. The highest BCUT2D eigenvalue weighted by atomic mass is 31.2. The molecule has 0 amide bonds. The molecule has 0 saturated carbocycles. The van der Waals surface area contributed by atoms with Gasteiger partial charge in [-0.3, -0.25) is 13.8 Å². The minimum atomic E-state index is -4.51. The Hall–Kier alpha value is -0.800. The first-order valence-corrected chi connectivity index (χ1v) is 20.7. The number of unbranched alkanes of at least 4 members (excludes halogenated alkanes) is 21. The highest BCUT2D eigenvalue weighted by Crippen LogP contribution is 2.43. The third-order valence-electron chi connectivity index (χ3n) is 8.20. The van der Waals surface area contributed by atoms with Crippen molar-refractivity contribution in [3.63, 3.8) is 0 Å². The lowest BCUT2D eigenvalue weighted by molar-refractivity contribution is -0.154. The third kappa shape index (κ3) is 34.8. The molecule has 3 atom stereocenters. The second kappa shape index (κ2) is 35.0. The molecule has 0 bridgehead atoms. The van der Waals surface area contributed by atoms with Gasteiger partial charge in [-0.05, 0) is 38.5 Å². The average Bonchev–Trinajstić information content (AvgIpc) is 3.06. The molecule has 10 heteroatoms. The predicted octanol–water partition coefficient (Wildman–Crippen LogP) is 9.75. The second-order valence-corrected chi connectivity index (χ2v) is 14.4. The minimum Gasteiger partial charge on any atom is -0.457 e. The normalized spacial score (nSPS) is 14.4. The Kier molecular flexibility index (Phi) is 34.4. The van der Waals surface area contributed by atoms with Crippen LogP contribution in [0.3, 0.4) is 0 Å². The standard InChI is InChI=1S/C37H73O9P/c1-3-5-7-9-11-13-15-17-19-21-23-25-27-29-37(40)46-36(34-45-47(41,42)44-32-35(39)31-38)33-43-30-28-26-24-22-20-18-16-14-12-10-8-6-4-2/h13,15,35-36,38-39H,3-12,14,16-34H2,1-2H3,(H,41,42)/b15-13-.